The molecule has 0 aromatic carbocycles. The second kappa shape index (κ2) is 3.94. The summed E-state index contributed by atoms with van der Waals surface area (Å²) in [5, 5.41) is 8.87. The van der Waals surface area contributed by atoms with Gasteiger partial charge in [0.05, 0.1) is 18.1 Å². The number of hydrogen-bond acceptors (Lipinski definition) is 2. The van der Waals surface area contributed by atoms with E-state index in [1.807, 2.05) is 0 Å². The summed E-state index contributed by atoms with van der Waals surface area (Å²) in [6.45, 7) is 1.33. The minimum atomic E-state index is -0.213. The normalized spacial score (nSPS) is 30.2. The minimum Gasteiger partial charge on any atom is -0.380 e. The SMILES string of the molecule is N#CC1(CCCCl)CCOC1. The van der Waals surface area contributed by atoms with Crippen molar-refractivity contribution in [2.75, 3.05) is 19.1 Å². The Morgan fingerprint density at radius 1 is 1.64 bits per heavy atom. The Labute approximate surface area is 72.1 Å². The molecule has 0 aromatic rings. The highest BCUT2D eigenvalue weighted by Gasteiger charge is 2.34. The van der Waals surface area contributed by atoms with E-state index in [0.717, 1.165) is 25.9 Å². The van der Waals surface area contributed by atoms with Crippen molar-refractivity contribution in [3.63, 3.8) is 0 Å². The molecule has 0 bridgehead atoms. The van der Waals surface area contributed by atoms with E-state index in [1.54, 1.807) is 0 Å². The molecule has 11 heavy (non-hydrogen) atoms. The molecule has 0 aliphatic carbocycles. The molecule has 1 saturated heterocycles. The summed E-state index contributed by atoms with van der Waals surface area (Å²) in [6, 6.07) is 2.33. The largest absolute Gasteiger partial charge is 0.380 e. The lowest BCUT2D eigenvalue weighted by molar-refractivity contribution is 0.168. The van der Waals surface area contributed by atoms with E-state index < -0.39 is 0 Å². The summed E-state index contributed by atoms with van der Waals surface area (Å²) in [7, 11) is 0. The Bertz CT molecular complexity index is 158. The van der Waals surface area contributed by atoms with Gasteiger partial charge >= 0.3 is 0 Å². The van der Waals surface area contributed by atoms with Crippen molar-refractivity contribution in [1.82, 2.24) is 0 Å². The Hall–Kier alpha value is -0.260. The zero-order chi connectivity index (χ0) is 8.16. The molecule has 0 aromatic heterocycles. The highest BCUT2D eigenvalue weighted by atomic mass is 35.5. The summed E-state index contributed by atoms with van der Waals surface area (Å²) in [5.74, 6) is 0.642. The smallest absolute Gasteiger partial charge is 0.0829 e. The number of alkyl halides is 1. The summed E-state index contributed by atoms with van der Waals surface area (Å²) in [4.78, 5) is 0. The van der Waals surface area contributed by atoms with Crippen LogP contribution in [0.4, 0.5) is 0 Å². The fourth-order valence-corrected chi connectivity index (χ4v) is 1.49. The van der Waals surface area contributed by atoms with E-state index in [0.29, 0.717) is 12.5 Å². The van der Waals surface area contributed by atoms with Crippen LogP contribution in [0.3, 0.4) is 0 Å². The van der Waals surface area contributed by atoms with E-state index in [4.69, 9.17) is 21.6 Å². The first kappa shape index (κ1) is 8.83. The van der Waals surface area contributed by atoms with Crippen LogP contribution in [-0.4, -0.2) is 19.1 Å². The number of nitriles is 1. The first-order chi connectivity index (χ1) is 5.33. The van der Waals surface area contributed by atoms with Gasteiger partial charge in [-0.3, -0.25) is 0 Å². The van der Waals surface area contributed by atoms with E-state index in [-0.39, 0.29) is 5.41 Å². The van der Waals surface area contributed by atoms with Gasteiger partial charge in [0, 0.05) is 12.5 Å². The summed E-state index contributed by atoms with van der Waals surface area (Å²) in [5.41, 5.74) is -0.213. The molecule has 0 spiro atoms. The average Bonchev–Trinajstić information content (AvgIpc) is 2.50. The molecular weight excluding hydrogens is 162 g/mol. The van der Waals surface area contributed by atoms with Crippen molar-refractivity contribution in [3.05, 3.63) is 0 Å². The molecule has 1 aliphatic rings. The zero-order valence-electron chi connectivity index (χ0n) is 6.48. The van der Waals surface area contributed by atoms with Crippen molar-refractivity contribution in [1.29, 1.82) is 5.26 Å². The van der Waals surface area contributed by atoms with Gasteiger partial charge in [0.2, 0.25) is 0 Å². The fraction of sp³-hybridized carbons (Fsp3) is 0.875. The molecular formula is C8H12ClNO. The van der Waals surface area contributed by atoms with Crippen molar-refractivity contribution >= 4 is 11.6 Å². The molecule has 1 aliphatic heterocycles. The first-order valence-electron chi connectivity index (χ1n) is 3.88. The summed E-state index contributed by atoms with van der Waals surface area (Å²) < 4.78 is 5.18. The summed E-state index contributed by atoms with van der Waals surface area (Å²) >= 11 is 5.55. The second-order valence-electron chi connectivity index (χ2n) is 2.99. The topological polar surface area (TPSA) is 33.0 Å². The van der Waals surface area contributed by atoms with Crippen LogP contribution in [0.1, 0.15) is 19.3 Å². The molecule has 0 N–H and O–H groups in total. The quantitative estimate of drug-likeness (QED) is 0.611. The summed E-state index contributed by atoms with van der Waals surface area (Å²) in [6.07, 6.45) is 2.67. The predicted octanol–water partition coefficient (Wildman–Crippen LogP) is 1.94. The highest BCUT2D eigenvalue weighted by molar-refractivity contribution is 6.17. The molecule has 1 atom stereocenters. The van der Waals surface area contributed by atoms with Gasteiger partial charge in [0.15, 0.2) is 0 Å². The molecule has 62 valence electrons. The molecule has 3 heteroatoms. The number of ether oxygens (including phenoxy) is 1. The van der Waals surface area contributed by atoms with Crippen molar-refractivity contribution < 1.29 is 4.74 Å². The molecule has 0 saturated carbocycles. The van der Waals surface area contributed by atoms with Crippen LogP contribution in [0.5, 0.6) is 0 Å². The van der Waals surface area contributed by atoms with Gasteiger partial charge in [-0.2, -0.15) is 5.26 Å². The Morgan fingerprint density at radius 3 is 2.91 bits per heavy atom. The molecule has 1 heterocycles. The standard InChI is InChI=1S/C8H12ClNO/c9-4-1-2-8(6-10)3-5-11-7-8/h1-5,7H2. The van der Waals surface area contributed by atoms with E-state index in [2.05, 4.69) is 6.07 Å². The predicted molar refractivity (Wildman–Crippen MR) is 43.4 cm³/mol. The van der Waals surface area contributed by atoms with Crippen LogP contribution in [0.2, 0.25) is 0 Å². The van der Waals surface area contributed by atoms with Gasteiger partial charge in [-0.25, -0.2) is 0 Å². The minimum absolute atomic E-state index is 0.213. The van der Waals surface area contributed by atoms with E-state index >= 15 is 0 Å². The zero-order valence-corrected chi connectivity index (χ0v) is 7.23. The average molecular weight is 174 g/mol. The van der Waals surface area contributed by atoms with Crippen molar-refractivity contribution in [3.8, 4) is 6.07 Å². The van der Waals surface area contributed by atoms with Gasteiger partial charge in [-0.1, -0.05) is 0 Å². The van der Waals surface area contributed by atoms with Crippen molar-refractivity contribution in [2.24, 2.45) is 5.41 Å². The van der Waals surface area contributed by atoms with Gasteiger partial charge in [0.25, 0.3) is 0 Å². The maximum Gasteiger partial charge on any atom is 0.0829 e. The van der Waals surface area contributed by atoms with Gasteiger partial charge in [-0.15, -0.1) is 11.6 Å². The third kappa shape index (κ3) is 2.08. The number of nitrogens with zero attached hydrogens (tertiary/aromatic N) is 1. The van der Waals surface area contributed by atoms with E-state index in [1.165, 1.54) is 0 Å². The van der Waals surface area contributed by atoms with Gasteiger partial charge < -0.3 is 4.74 Å². The van der Waals surface area contributed by atoms with Crippen LogP contribution < -0.4 is 0 Å². The van der Waals surface area contributed by atoms with Gasteiger partial charge in [-0.05, 0) is 19.3 Å². The molecule has 1 unspecified atom stereocenters. The Balaban J connectivity index is 2.41. The van der Waals surface area contributed by atoms with Crippen LogP contribution in [0.25, 0.3) is 0 Å². The van der Waals surface area contributed by atoms with Crippen LogP contribution >= 0.6 is 11.6 Å². The Morgan fingerprint density at radius 2 is 2.45 bits per heavy atom. The van der Waals surface area contributed by atoms with Crippen LogP contribution in [0, 0.1) is 16.7 Å². The Kier molecular flexibility index (Phi) is 3.16. The molecule has 0 radical (unpaired) electrons. The maximum atomic E-state index is 8.87. The molecule has 2 nitrogen and oxygen atoms in total. The number of rotatable bonds is 3. The van der Waals surface area contributed by atoms with Crippen LogP contribution in [-0.2, 0) is 4.74 Å². The lowest BCUT2D eigenvalue weighted by Crippen LogP contribution is -2.18. The first-order valence-corrected chi connectivity index (χ1v) is 4.41. The monoisotopic (exact) mass is 173 g/mol. The third-order valence-corrected chi connectivity index (χ3v) is 2.40. The van der Waals surface area contributed by atoms with E-state index in [9.17, 15) is 0 Å². The maximum absolute atomic E-state index is 8.87. The molecule has 1 rings (SSSR count). The lowest BCUT2D eigenvalue weighted by atomic mass is 9.84. The highest BCUT2D eigenvalue weighted by Crippen LogP contribution is 2.32. The molecule has 1 fully saturated rings. The third-order valence-electron chi connectivity index (χ3n) is 2.13. The second-order valence-corrected chi connectivity index (χ2v) is 3.37. The molecule has 0 amide bonds. The number of halogens is 1. The lowest BCUT2D eigenvalue weighted by Gasteiger charge is -2.16. The van der Waals surface area contributed by atoms with Gasteiger partial charge in [0.1, 0.15) is 0 Å². The van der Waals surface area contributed by atoms with Crippen molar-refractivity contribution in [2.45, 2.75) is 19.3 Å². The van der Waals surface area contributed by atoms with Crippen LogP contribution in [0.15, 0.2) is 0 Å². The fourth-order valence-electron chi connectivity index (χ4n) is 1.35. The number of hydrogen-bond donors (Lipinski definition) is 0.